The van der Waals surface area contributed by atoms with Crippen molar-refractivity contribution in [2.45, 2.75) is 26.4 Å². The van der Waals surface area contributed by atoms with E-state index in [1.165, 1.54) is 0 Å². The molecule has 1 amide bonds. The van der Waals surface area contributed by atoms with Crippen LogP contribution in [-0.4, -0.2) is 30.0 Å². The Bertz CT molecular complexity index is 259. The molecule has 0 aromatic carbocycles. The highest BCUT2D eigenvalue weighted by molar-refractivity contribution is 5.67. The lowest BCUT2D eigenvalue weighted by molar-refractivity contribution is 0.0529. The van der Waals surface area contributed by atoms with Gasteiger partial charge in [0.15, 0.2) is 11.7 Å². The maximum atomic E-state index is 12.7. The van der Waals surface area contributed by atoms with Crippen molar-refractivity contribution in [2.75, 3.05) is 13.2 Å². The van der Waals surface area contributed by atoms with Crippen LogP contribution >= 0.6 is 0 Å². The summed E-state index contributed by atoms with van der Waals surface area (Å²) in [6, 6.07) is 0. The molecule has 0 saturated heterocycles. The largest absolute Gasteiger partial charge is 0.444 e. The lowest BCUT2D eigenvalue weighted by atomic mass is 10.2. The van der Waals surface area contributed by atoms with E-state index < -0.39 is 36.5 Å². The zero-order valence-corrected chi connectivity index (χ0v) is 8.93. The monoisotopic (exact) mass is 223 g/mol. The molecule has 88 valence electrons. The third-order valence-electron chi connectivity index (χ3n) is 1.22. The van der Waals surface area contributed by atoms with Crippen LogP contribution in [0.15, 0.2) is 11.7 Å². The maximum absolute atomic E-state index is 12.7. The van der Waals surface area contributed by atoms with Crippen molar-refractivity contribution in [3.8, 4) is 0 Å². The van der Waals surface area contributed by atoms with Gasteiger partial charge in [0.05, 0.1) is 13.2 Å². The van der Waals surface area contributed by atoms with E-state index in [0.29, 0.717) is 0 Å². The predicted molar refractivity (Wildman–Crippen MR) is 50.6 cm³/mol. The quantitative estimate of drug-likeness (QED) is 0.764. The molecular weight excluding hydrogens is 208 g/mol. The lowest BCUT2D eigenvalue weighted by Crippen LogP contribution is -2.33. The van der Waals surface area contributed by atoms with E-state index in [9.17, 15) is 13.6 Å². The molecule has 0 unspecified atom stereocenters. The fourth-order valence-electron chi connectivity index (χ4n) is 0.646. The fourth-order valence-corrected chi connectivity index (χ4v) is 0.646. The van der Waals surface area contributed by atoms with Gasteiger partial charge in [0.25, 0.3) is 0 Å². The smallest absolute Gasteiger partial charge is 0.408 e. The highest BCUT2D eigenvalue weighted by Crippen LogP contribution is 2.08. The van der Waals surface area contributed by atoms with E-state index in [0.717, 1.165) is 0 Å². The number of aliphatic hydroxyl groups excluding tert-OH is 1. The number of nitrogens with one attached hydrogen (secondary N) is 1. The Morgan fingerprint density at radius 2 is 1.87 bits per heavy atom. The minimum absolute atomic E-state index is 0.638. The van der Waals surface area contributed by atoms with Crippen LogP contribution in [0.25, 0.3) is 0 Å². The van der Waals surface area contributed by atoms with Gasteiger partial charge >= 0.3 is 6.09 Å². The van der Waals surface area contributed by atoms with Gasteiger partial charge in [-0.05, 0) is 20.8 Å². The summed E-state index contributed by atoms with van der Waals surface area (Å²) >= 11 is 0. The van der Waals surface area contributed by atoms with Crippen molar-refractivity contribution >= 4 is 6.09 Å². The third-order valence-corrected chi connectivity index (χ3v) is 1.22. The lowest BCUT2D eigenvalue weighted by Gasteiger charge is -2.19. The molecular formula is C9H15F2NO3. The first-order valence-electron chi connectivity index (χ1n) is 4.37. The van der Waals surface area contributed by atoms with Crippen molar-refractivity contribution in [1.82, 2.24) is 5.32 Å². The summed E-state index contributed by atoms with van der Waals surface area (Å²) in [5.41, 5.74) is -0.695. The van der Waals surface area contributed by atoms with E-state index in [4.69, 9.17) is 9.84 Å². The van der Waals surface area contributed by atoms with Gasteiger partial charge in [0, 0.05) is 0 Å². The molecule has 15 heavy (non-hydrogen) atoms. The van der Waals surface area contributed by atoms with E-state index in [1.807, 2.05) is 5.32 Å². The molecule has 0 bridgehead atoms. The zero-order valence-electron chi connectivity index (χ0n) is 8.93. The van der Waals surface area contributed by atoms with Gasteiger partial charge in [-0.1, -0.05) is 0 Å². The Labute approximate surface area is 86.9 Å². The molecule has 0 aliphatic heterocycles. The van der Waals surface area contributed by atoms with Crippen LogP contribution in [0.1, 0.15) is 20.8 Å². The van der Waals surface area contributed by atoms with Crippen molar-refractivity contribution in [3.05, 3.63) is 11.7 Å². The molecule has 0 fully saturated rings. The van der Waals surface area contributed by atoms with Crippen molar-refractivity contribution in [1.29, 1.82) is 0 Å². The Morgan fingerprint density at radius 3 is 2.27 bits per heavy atom. The molecule has 2 N–H and O–H groups in total. The molecule has 0 rings (SSSR count). The van der Waals surface area contributed by atoms with Crippen molar-refractivity contribution in [2.24, 2.45) is 0 Å². The van der Waals surface area contributed by atoms with Crippen molar-refractivity contribution in [3.63, 3.8) is 0 Å². The summed E-state index contributed by atoms with van der Waals surface area (Å²) in [7, 11) is 0. The summed E-state index contributed by atoms with van der Waals surface area (Å²) in [5, 5.41) is 10.2. The van der Waals surface area contributed by atoms with Crippen LogP contribution in [0.2, 0.25) is 0 Å². The van der Waals surface area contributed by atoms with Gasteiger partial charge < -0.3 is 15.2 Å². The molecule has 0 heterocycles. The van der Waals surface area contributed by atoms with Crippen LogP contribution in [0, 0.1) is 0 Å². The van der Waals surface area contributed by atoms with Crippen LogP contribution in [0.5, 0.6) is 0 Å². The molecule has 6 heteroatoms. The van der Waals surface area contributed by atoms with E-state index in [1.54, 1.807) is 20.8 Å². The number of ether oxygens (including phenoxy) is 1. The maximum Gasteiger partial charge on any atom is 0.408 e. The number of hydrogen-bond acceptors (Lipinski definition) is 3. The van der Waals surface area contributed by atoms with Crippen LogP contribution < -0.4 is 5.32 Å². The molecule has 0 radical (unpaired) electrons. The normalized spacial score (nSPS) is 13.2. The highest BCUT2D eigenvalue weighted by Gasteiger charge is 2.16. The first-order chi connectivity index (χ1) is 6.76. The number of alkyl carbamates (subject to hydrolysis) is 1. The van der Waals surface area contributed by atoms with Crippen LogP contribution in [-0.2, 0) is 4.74 Å². The van der Waals surface area contributed by atoms with Crippen LogP contribution in [0.4, 0.5) is 13.6 Å². The molecule has 0 aliphatic carbocycles. The average Bonchev–Trinajstić information content (AvgIpc) is 2.10. The van der Waals surface area contributed by atoms with Gasteiger partial charge in [-0.3, -0.25) is 0 Å². The first kappa shape index (κ1) is 13.8. The molecule has 4 nitrogen and oxygen atoms in total. The van der Waals surface area contributed by atoms with E-state index >= 15 is 0 Å². The SMILES string of the molecule is CC(C)(C)OC(=O)NCC(F)=C(F)CO. The van der Waals surface area contributed by atoms with E-state index in [-0.39, 0.29) is 0 Å². The summed E-state index contributed by atoms with van der Waals surface area (Å²) in [6.07, 6.45) is -0.844. The number of carbonyl (C=O) groups excluding carboxylic acids is 1. The number of amides is 1. The number of carbonyl (C=O) groups is 1. The van der Waals surface area contributed by atoms with Gasteiger partial charge in [-0.15, -0.1) is 0 Å². The number of hydrogen-bond donors (Lipinski definition) is 2. The van der Waals surface area contributed by atoms with Gasteiger partial charge in [0.1, 0.15) is 5.60 Å². The Balaban J connectivity index is 4.03. The minimum atomic E-state index is -1.30. The van der Waals surface area contributed by atoms with Gasteiger partial charge in [-0.2, -0.15) is 0 Å². The molecule has 0 atom stereocenters. The Kier molecular flexibility index (Phi) is 5.21. The second kappa shape index (κ2) is 5.65. The molecule has 0 aromatic heterocycles. The zero-order chi connectivity index (χ0) is 12.1. The van der Waals surface area contributed by atoms with Crippen LogP contribution in [0.3, 0.4) is 0 Å². The topological polar surface area (TPSA) is 58.6 Å². The molecule has 0 aliphatic rings. The second-order valence-corrected chi connectivity index (χ2v) is 3.82. The average molecular weight is 223 g/mol. The van der Waals surface area contributed by atoms with Crippen molar-refractivity contribution < 1.29 is 23.4 Å². The Morgan fingerprint density at radius 1 is 1.33 bits per heavy atom. The molecule has 0 saturated carbocycles. The molecule has 0 spiro atoms. The summed E-state index contributed by atoms with van der Waals surface area (Å²) in [4.78, 5) is 11.0. The van der Waals surface area contributed by atoms with Gasteiger partial charge in [0.2, 0.25) is 0 Å². The standard InChI is InChI=1S/C9H15F2NO3/c1-9(2,3)15-8(14)12-4-6(10)7(11)5-13/h13H,4-5H2,1-3H3,(H,12,14). The van der Waals surface area contributed by atoms with E-state index in [2.05, 4.69) is 0 Å². The first-order valence-corrected chi connectivity index (χ1v) is 4.37. The number of aliphatic hydroxyl groups is 1. The summed E-state index contributed by atoms with van der Waals surface area (Å²) in [5.74, 6) is -2.52. The molecule has 0 aromatic rings. The number of rotatable bonds is 3. The highest BCUT2D eigenvalue weighted by atomic mass is 19.2. The van der Waals surface area contributed by atoms with Gasteiger partial charge in [-0.25, -0.2) is 13.6 Å². The minimum Gasteiger partial charge on any atom is -0.444 e. The summed E-state index contributed by atoms with van der Waals surface area (Å²) in [6.45, 7) is 3.27. The number of halogens is 2. The summed E-state index contributed by atoms with van der Waals surface area (Å²) < 4.78 is 29.8. The fraction of sp³-hybridized carbons (Fsp3) is 0.667. The predicted octanol–water partition coefficient (Wildman–Crippen LogP) is 1.65. The third kappa shape index (κ3) is 6.84. The second-order valence-electron chi connectivity index (χ2n) is 3.82. The Hall–Kier alpha value is -1.17.